The average molecular weight is 287 g/mol. The Hall–Kier alpha value is -1.77. The summed E-state index contributed by atoms with van der Waals surface area (Å²) in [6, 6.07) is 6.06. The van der Waals surface area contributed by atoms with Crippen LogP contribution in [0.15, 0.2) is 24.4 Å². The summed E-state index contributed by atoms with van der Waals surface area (Å²) in [5.41, 5.74) is 2.35. The fourth-order valence-electron chi connectivity index (χ4n) is 2.94. The zero-order valence-corrected chi connectivity index (χ0v) is 13.2. The normalized spacial score (nSPS) is 12.5. The second-order valence-electron chi connectivity index (χ2n) is 5.75. The van der Waals surface area contributed by atoms with E-state index in [9.17, 15) is 4.79 Å². The molecule has 1 aromatic heterocycles. The number of aromatic nitrogens is 1. The number of ketones is 1. The molecule has 3 nitrogen and oxygen atoms in total. The van der Waals surface area contributed by atoms with E-state index >= 15 is 0 Å². The predicted molar refractivity (Wildman–Crippen MR) is 87.0 cm³/mol. The summed E-state index contributed by atoms with van der Waals surface area (Å²) < 4.78 is 5.33. The molecule has 0 radical (unpaired) electrons. The number of hydrogen-bond donors (Lipinski definition) is 1. The van der Waals surface area contributed by atoms with Crippen LogP contribution in [0, 0.1) is 0 Å². The third-order valence-electron chi connectivity index (χ3n) is 4.05. The van der Waals surface area contributed by atoms with Crippen LogP contribution >= 0.6 is 0 Å². The number of ether oxygens (including phenoxy) is 1. The minimum Gasteiger partial charge on any atom is -0.497 e. The van der Waals surface area contributed by atoms with Gasteiger partial charge in [-0.2, -0.15) is 0 Å². The van der Waals surface area contributed by atoms with Crippen LogP contribution in [0.2, 0.25) is 0 Å². The van der Waals surface area contributed by atoms with E-state index in [2.05, 4.69) is 24.2 Å². The molecule has 114 valence electrons. The molecule has 21 heavy (non-hydrogen) atoms. The maximum Gasteiger partial charge on any atom is 0.130 e. The van der Waals surface area contributed by atoms with Crippen molar-refractivity contribution in [1.29, 1.82) is 0 Å². The summed E-state index contributed by atoms with van der Waals surface area (Å²) in [4.78, 5) is 14.9. The molecule has 1 heterocycles. The Morgan fingerprint density at radius 2 is 2.14 bits per heavy atom. The van der Waals surface area contributed by atoms with Crippen molar-refractivity contribution >= 4 is 16.7 Å². The summed E-state index contributed by atoms with van der Waals surface area (Å²) in [5.74, 6) is 1.42. The Balaban J connectivity index is 2.31. The highest BCUT2D eigenvalue weighted by molar-refractivity contribution is 5.86. The summed E-state index contributed by atoms with van der Waals surface area (Å²) in [6.45, 7) is 3.89. The fraction of sp³-hybridized carbons (Fsp3) is 0.500. The van der Waals surface area contributed by atoms with Gasteiger partial charge in [0.1, 0.15) is 11.5 Å². The number of aromatic amines is 1. The quantitative estimate of drug-likeness (QED) is 0.707. The molecule has 0 aliphatic heterocycles. The van der Waals surface area contributed by atoms with E-state index in [0.29, 0.717) is 12.3 Å². The van der Waals surface area contributed by atoms with Crippen molar-refractivity contribution in [3.8, 4) is 5.75 Å². The number of unbranched alkanes of at least 4 members (excludes halogenated alkanes) is 2. The monoisotopic (exact) mass is 287 g/mol. The topological polar surface area (TPSA) is 42.1 Å². The molecule has 3 heteroatoms. The second-order valence-corrected chi connectivity index (χ2v) is 5.75. The number of nitrogens with one attached hydrogen (secondary N) is 1. The minimum atomic E-state index is 0.258. The van der Waals surface area contributed by atoms with Gasteiger partial charge in [0.25, 0.3) is 0 Å². The fourth-order valence-corrected chi connectivity index (χ4v) is 2.94. The summed E-state index contributed by atoms with van der Waals surface area (Å²) in [6.07, 6.45) is 7.34. The molecule has 0 saturated carbocycles. The Labute approximate surface area is 126 Å². The molecule has 0 bridgehead atoms. The number of methoxy groups -OCH3 is 1. The van der Waals surface area contributed by atoms with E-state index in [-0.39, 0.29) is 5.78 Å². The van der Waals surface area contributed by atoms with Gasteiger partial charge in [-0.3, -0.25) is 0 Å². The molecule has 0 amide bonds. The van der Waals surface area contributed by atoms with Gasteiger partial charge in [0.2, 0.25) is 0 Å². The Bertz CT molecular complexity index is 600. The molecule has 0 unspecified atom stereocenters. The van der Waals surface area contributed by atoms with Gasteiger partial charge in [0, 0.05) is 23.5 Å². The molecule has 0 aliphatic rings. The number of benzene rings is 1. The van der Waals surface area contributed by atoms with Crippen LogP contribution in [0.25, 0.3) is 10.9 Å². The van der Waals surface area contributed by atoms with Crippen LogP contribution in [-0.2, 0) is 4.79 Å². The third-order valence-corrected chi connectivity index (χ3v) is 4.05. The van der Waals surface area contributed by atoms with E-state index in [1.54, 1.807) is 14.0 Å². The first-order valence-corrected chi connectivity index (χ1v) is 7.80. The van der Waals surface area contributed by atoms with Gasteiger partial charge in [-0.05, 0) is 43.0 Å². The first-order chi connectivity index (χ1) is 10.2. The van der Waals surface area contributed by atoms with Crippen LogP contribution in [0.5, 0.6) is 5.75 Å². The van der Waals surface area contributed by atoms with E-state index in [1.165, 1.54) is 30.2 Å². The van der Waals surface area contributed by atoms with Crippen LogP contribution in [0.3, 0.4) is 0 Å². The lowest BCUT2D eigenvalue weighted by Gasteiger charge is -2.15. The zero-order valence-electron chi connectivity index (χ0n) is 13.2. The molecule has 1 atom stereocenters. The molecule has 2 rings (SSSR count). The number of rotatable bonds is 8. The second kappa shape index (κ2) is 7.30. The van der Waals surface area contributed by atoms with Crippen LogP contribution in [0.1, 0.15) is 57.4 Å². The number of carbonyl (C=O) groups excluding carboxylic acids is 1. The van der Waals surface area contributed by atoms with Gasteiger partial charge < -0.3 is 14.5 Å². The summed E-state index contributed by atoms with van der Waals surface area (Å²) in [7, 11) is 1.68. The average Bonchev–Trinajstić information content (AvgIpc) is 2.88. The Morgan fingerprint density at radius 3 is 2.81 bits per heavy atom. The minimum absolute atomic E-state index is 0.258. The maximum atomic E-state index is 11.6. The zero-order chi connectivity index (χ0) is 15.2. The van der Waals surface area contributed by atoms with E-state index in [1.807, 2.05) is 12.1 Å². The van der Waals surface area contributed by atoms with Gasteiger partial charge >= 0.3 is 0 Å². The van der Waals surface area contributed by atoms with Gasteiger partial charge in [0.15, 0.2) is 0 Å². The number of Topliss-reactive ketones (excluding diaryl/α,β-unsaturated/α-hetero) is 1. The van der Waals surface area contributed by atoms with Crippen molar-refractivity contribution in [3.63, 3.8) is 0 Å². The van der Waals surface area contributed by atoms with Gasteiger partial charge in [0.05, 0.1) is 7.11 Å². The number of fused-ring (bicyclic) bond motifs is 1. The Morgan fingerprint density at radius 1 is 1.33 bits per heavy atom. The third kappa shape index (κ3) is 3.87. The SMILES string of the molecule is CCCCC[C@H](CC(C)=O)c1c[nH]c2ccc(OC)cc12. The molecule has 0 spiro atoms. The van der Waals surface area contributed by atoms with Crippen molar-refractivity contribution in [2.24, 2.45) is 0 Å². The van der Waals surface area contributed by atoms with Crippen LogP contribution < -0.4 is 4.74 Å². The molecule has 1 aromatic carbocycles. The lowest BCUT2D eigenvalue weighted by atomic mass is 9.89. The van der Waals surface area contributed by atoms with Crippen molar-refractivity contribution < 1.29 is 9.53 Å². The van der Waals surface area contributed by atoms with Crippen molar-refractivity contribution in [1.82, 2.24) is 4.98 Å². The first kappa shape index (κ1) is 15.6. The summed E-state index contributed by atoms with van der Waals surface area (Å²) >= 11 is 0. The maximum absolute atomic E-state index is 11.6. The van der Waals surface area contributed by atoms with Crippen molar-refractivity contribution in [2.75, 3.05) is 7.11 Å². The smallest absolute Gasteiger partial charge is 0.130 e. The Kier molecular flexibility index (Phi) is 5.43. The number of hydrogen-bond acceptors (Lipinski definition) is 2. The van der Waals surface area contributed by atoms with Crippen molar-refractivity contribution in [3.05, 3.63) is 30.0 Å². The lowest BCUT2D eigenvalue weighted by Crippen LogP contribution is -2.04. The van der Waals surface area contributed by atoms with E-state index in [0.717, 1.165) is 17.7 Å². The number of H-pyrrole nitrogens is 1. The highest BCUT2D eigenvalue weighted by Crippen LogP contribution is 2.33. The van der Waals surface area contributed by atoms with Gasteiger partial charge in [-0.25, -0.2) is 0 Å². The van der Waals surface area contributed by atoms with Gasteiger partial charge in [-0.1, -0.05) is 26.2 Å². The van der Waals surface area contributed by atoms with E-state index in [4.69, 9.17) is 4.74 Å². The number of carbonyl (C=O) groups is 1. The van der Waals surface area contributed by atoms with Crippen LogP contribution in [-0.4, -0.2) is 17.9 Å². The molecular weight excluding hydrogens is 262 g/mol. The predicted octanol–water partition coefficient (Wildman–Crippen LogP) is 4.82. The highest BCUT2D eigenvalue weighted by atomic mass is 16.5. The lowest BCUT2D eigenvalue weighted by molar-refractivity contribution is -0.117. The molecule has 1 N–H and O–H groups in total. The standard InChI is InChI=1S/C18H25NO2/c1-4-5-6-7-14(10-13(2)20)17-12-19-18-9-8-15(21-3)11-16(17)18/h8-9,11-12,14,19H,4-7,10H2,1-3H3/t14-/m1/s1. The summed E-state index contributed by atoms with van der Waals surface area (Å²) in [5, 5.41) is 1.18. The highest BCUT2D eigenvalue weighted by Gasteiger charge is 2.18. The van der Waals surface area contributed by atoms with E-state index < -0.39 is 0 Å². The van der Waals surface area contributed by atoms with Crippen molar-refractivity contribution in [2.45, 2.75) is 51.9 Å². The molecular formula is C18H25NO2. The first-order valence-electron chi connectivity index (χ1n) is 7.80. The molecule has 0 saturated heterocycles. The molecule has 0 fully saturated rings. The van der Waals surface area contributed by atoms with Gasteiger partial charge in [-0.15, -0.1) is 0 Å². The molecule has 2 aromatic rings. The van der Waals surface area contributed by atoms with Crippen LogP contribution in [0.4, 0.5) is 0 Å². The largest absolute Gasteiger partial charge is 0.497 e. The molecule has 0 aliphatic carbocycles.